The number of anilines is 1. The van der Waals surface area contributed by atoms with Crippen LogP contribution in [0, 0.1) is 0 Å². The van der Waals surface area contributed by atoms with E-state index >= 15 is 0 Å². The minimum atomic E-state index is -0.672. The molecule has 2 unspecified atom stereocenters. The highest BCUT2D eigenvalue weighted by atomic mass is 16.5. The van der Waals surface area contributed by atoms with Gasteiger partial charge in [-0.05, 0) is 30.4 Å². The first-order chi connectivity index (χ1) is 15.5. The molecule has 2 aromatic heterocycles. The third-order valence-corrected chi connectivity index (χ3v) is 6.17. The highest BCUT2D eigenvalue weighted by Gasteiger charge is 2.33. The van der Waals surface area contributed by atoms with Crippen LogP contribution in [0.1, 0.15) is 46.5 Å². The summed E-state index contributed by atoms with van der Waals surface area (Å²) in [7, 11) is 3.23. The number of hydrogen-bond donors (Lipinski definition) is 1. The molecule has 0 radical (unpaired) electrons. The van der Waals surface area contributed by atoms with Crippen molar-refractivity contribution in [1.82, 2.24) is 25.1 Å². The van der Waals surface area contributed by atoms with Crippen LogP contribution in [0.2, 0.25) is 0 Å². The lowest BCUT2D eigenvalue weighted by Crippen LogP contribution is -2.47. The molecule has 2 aliphatic heterocycles. The Kier molecular flexibility index (Phi) is 5.08. The van der Waals surface area contributed by atoms with Gasteiger partial charge in [-0.1, -0.05) is 30.3 Å². The Labute approximate surface area is 185 Å². The second kappa shape index (κ2) is 8.07. The summed E-state index contributed by atoms with van der Waals surface area (Å²) >= 11 is 0. The van der Waals surface area contributed by atoms with Gasteiger partial charge in [0.2, 0.25) is 17.6 Å². The Bertz CT molecular complexity index is 1180. The summed E-state index contributed by atoms with van der Waals surface area (Å²) in [6, 6.07) is 11.2. The Morgan fingerprint density at radius 1 is 1.19 bits per heavy atom. The number of amides is 2. The van der Waals surface area contributed by atoms with Crippen LogP contribution in [0.4, 0.5) is 5.69 Å². The van der Waals surface area contributed by atoms with Gasteiger partial charge in [0.1, 0.15) is 11.9 Å². The Morgan fingerprint density at radius 2 is 2.00 bits per heavy atom. The summed E-state index contributed by atoms with van der Waals surface area (Å²) in [4.78, 5) is 36.2. The molecule has 0 spiro atoms. The largest absolute Gasteiger partial charge is 0.481 e. The smallest absolute Gasteiger partial charge is 0.291 e. The summed E-state index contributed by atoms with van der Waals surface area (Å²) in [6.07, 6.45) is 4.46. The first kappa shape index (κ1) is 20.2. The summed E-state index contributed by atoms with van der Waals surface area (Å²) in [5.41, 5.74) is 2.82. The lowest BCUT2D eigenvalue weighted by molar-refractivity contribution is -0.120. The number of nitrogens with zero attached hydrogens (tertiary/aromatic N) is 5. The molecule has 2 atom stereocenters. The van der Waals surface area contributed by atoms with Crippen molar-refractivity contribution in [2.75, 3.05) is 19.1 Å². The third-order valence-electron chi connectivity index (χ3n) is 6.17. The maximum atomic E-state index is 13.1. The fraction of sp³-hybridized carbons (Fsp3) is 0.348. The fourth-order valence-electron chi connectivity index (χ4n) is 4.45. The van der Waals surface area contributed by atoms with Gasteiger partial charge >= 0.3 is 0 Å². The van der Waals surface area contributed by atoms with Gasteiger partial charge in [0, 0.05) is 25.7 Å². The molecular weight excluding hydrogens is 408 g/mol. The lowest BCUT2D eigenvalue weighted by Gasteiger charge is -2.21. The number of hydrogen-bond acceptors (Lipinski definition) is 6. The van der Waals surface area contributed by atoms with Crippen LogP contribution < -0.4 is 15.0 Å². The van der Waals surface area contributed by atoms with Crippen LogP contribution >= 0.6 is 0 Å². The van der Waals surface area contributed by atoms with E-state index in [2.05, 4.69) is 32.5 Å². The van der Waals surface area contributed by atoms with E-state index in [0.717, 1.165) is 35.5 Å². The maximum Gasteiger partial charge on any atom is 0.291 e. The minimum absolute atomic E-state index is 0.0721. The SMILES string of the molecule is COc1cc2c(cn1)CCC(NC(=O)c1nc3n(n1)C(c1ccccc1)CC3)C(=O)N2C. The summed E-state index contributed by atoms with van der Waals surface area (Å²) in [6.45, 7) is 0. The van der Waals surface area contributed by atoms with E-state index in [-0.39, 0.29) is 17.8 Å². The molecule has 9 nitrogen and oxygen atoms in total. The van der Waals surface area contributed by atoms with Crippen molar-refractivity contribution in [2.45, 2.75) is 37.8 Å². The molecule has 0 fully saturated rings. The number of nitrogens with one attached hydrogen (secondary N) is 1. The molecule has 3 aromatic rings. The molecule has 0 saturated carbocycles. The van der Waals surface area contributed by atoms with Gasteiger partial charge in [-0.3, -0.25) is 9.59 Å². The van der Waals surface area contributed by atoms with Crippen LogP contribution in [0.5, 0.6) is 5.88 Å². The molecule has 0 aliphatic carbocycles. The predicted octanol–water partition coefficient (Wildman–Crippen LogP) is 1.92. The molecule has 4 heterocycles. The zero-order valence-corrected chi connectivity index (χ0v) is 18.0. The number of likely N-dealkylation sites (N-methyl/N-ethyl adjacent to an activating group) is 1. The van der Waals surface area contributed by atoms with Crippen LogP contribution in [-0.4, -0.2) is 51.8 Å². The van der Waals surface area contributed by atoms with E-state index < -0.39 is 11.9 Å². The topological polar surface area (TPSA) is 102 Å². The van der Waals surface area contributed by atoms with Gasteiger partial charge in [0.05, 0.1) is 18.8 Å². The average molecular weight is 432 g/mol. The van der Waals surface area contributed by atoms with Gasteiger partial charge in [0.15, 0.2) is 0 Å². The highest BCUT2D eigenvalue weighted by molar-refractivity contribution is 6.02. The van der Waals surface area contributed by atoms with Crippen molar-refractivity contribution in [1.29, 1.82) is 0 Å². The molecule has 1 aromatic carbocycles. The number of ether oxygens (including phenoxy) is 1. The molecule has 2 aliphatic rings. The van der Waals surface area contributed by atoms with Gasteiger partial charge < -0.3 is 15.0 Å². The molecule has 0 saturated heterocycles. The van der Waals surface area contributed by atoms with Crippen LogP contribution in [0.3, 0.4) is 0 Å². The summed E-state index contributed by atoms with van der Waals surface area (Å²) in [5.74, 6) is 0.696. The molecule has 5 rings (SSSR count). The van der Waals surface area contributed by atoms with E-state index in [1.54, 1.807) is 24.2 Å². The average Bonchev–Trinajstić information content (AvgIpc) is 3.39. The van der Waals surface area contributed by atoms with Crippen molar-refractivity contribution in [3.63, 3.8) is 0 Å². The molecule has 2 amide bonds. The molecule has 164 valence electrons. The summed E-state index contributed by atoms with van der Waals surface area (Å²) in [5, 5.41) is 7.33. The van der Waals surface area contributed by atoms with E-state index in [9.17, 15) is 9.59 Å². The highest BCUT2D eigenvalue weighted by Crippen LogP contribution is 2.31. The molecule has 9 heteroatoms. The third kappa shape index (κ3) is 3.49. The van der Waals surface area contributed by atoms with Crippen molar-refractivity contribution in [3.8, 4) is 5.88 Å². The van der Waals surface area contributed by atoms with Gasteiger partial charge in [-0.2, -0.15) is 0 Å². The standard InChI is InChI=1S/C23H24N6O3/c1-28-18-12-20(32-2)24-13-15(18)8-9-16(23(28)31)25-22(30)21-26-19-11-10-17(29(19)27-21)14-6-4-3-5-7-14/h3-7,12-13,16-17H,8-11H2,1-2H3,(H,25,30). The molecule has 32 heavy (non-hydrogen) atoms. The summed E-state index contributed by atoms with van der Waals surface area (Å²) < 4.78 is 7.02. The second-order valence-electron chi connectivity index (χ2n) is 8.08. The Balaban J connectivity index is 1.33. The van der Waals surface area contributed by atoms with E-state index in [1.165, 1.54) is 7.11 Å². The Morgan fingerprint density at radius 3 is 2.78 bits per heavy atom. The zero-order chi connectivity index (χ0) is 22.2. The molecule has 0 bridgehead atoms. The number of aryl methyl sites for hydroxylation is 2. The van der Waals surface area contributed by atoms with Crippen molar-refractivity contribution in [3.05, 3.63) is 65.4 Å². The zero-order valence-electron chi connectivity index (χ0n) is 18.0. The van der Waals surface area contributed by atoms with Gasteiger partial charge in [0.25, 0.3) is 5.91 Å². The predicted molar refractivity (Wildman–Crippen MR) is 117 cm³/mol. The van der Waals surface area contributed by atoms with Gasteiger partial charge in [-0.15, -0.1) is 5.10 Å². The number of fused-ring (bicyclic) bond motifs is 2. The maximum absolute atomic E-state index is 13.1. The monoisotopic (exact) mass is 432 g/mol. The van der Waals surface area contributed by atoms with Crippen LogP contribution in [0.25, 0.3) is 0 Å². The normalized spacial score (nSPS) is 19.8. The lowest BCUT2D eigenvalue weighted by atomic mass is 10.1. The van der Waals surface area contributed by atoms with Crippen LogP contribution in [0.15, 0.2) is 42.6 Å². The van der Waals surface area contributed by atoms with E-state index in [1.807, 2.05) is 22.9 Å². The fourth-order valence-corrected chi connectivity index (χ4v) is 4.45. The van der Waals surface area contributed by atoms with E-state index in [0.29, 0.717) is 18.7 Å². The first-order valence-corrected chi connectivity index (χ1v) is 10.7. The second-order valence-corrected chi connectivity index (χ2v) is 8.08. The number of methoxy groups -OCH3 is 1. The number of aromatic nitrogens is 4. The first-order valence-electron chi connectivity index (χ1n) is 10.7. The van der Waals surface area contributed by atoms with Crippen molar-refractivity contribution in [2.24, 2.45) is 0 Å². The van der Waals surface area contributed by atoms with Gasteiger partial charge in [-0.25, -0.2) is 14.6 Å². The van der Waals surface area contributed by atoms with Crippen molar-refractivity contribution >= 4 is 17.5 Å². The minimum Gasteiger partial charge on any atom is -0.481 e. The quantitative estimate of drug-likeness (QED) is 0.676. The van der Waals surface area contributed by atoms with E-state index in [4.69, 9.17) is 4.74 Å². The number of pyridine rings is 1. The van der Waals surface area contributed by atoms with Crippen molar-refractivity contribution < 1.29 is 14.3 Å². The number of carbonyl (C=O) groups excluding carboxylic acids is 2. The van der Waals surface area contributed by atoms with Crippen LogP contribution in [-0.2, 0) is 17.6 Å². The number of carbonyl (C=O) groups is 2. The molecular formula is C23H24N6O3. The Hall–Kier alpha value is -3.75. The number of rotatable bonds is 4. The molecule has 1 N–H and O–H groups in total. The number of benzene rings is 1.